The molecule has 2 N–H and O–H groups in total. The zero-order valence-electron chi connectivity index (χ0n) is 21.4. The Hall–Kier alpha value is -2.50. The number of benzene rings is 2. The zero-order valence-corrected chi connectivity index (χ0v) is 23.7. The first-order valence-electron chi connectivity index (χ1n) is 12.3. The molecule has 0 atom stereocenters. The minimum Gasteiger partial charge on any atom is -0.465 e. The molecule has 0 unspecified atom stereocenters. The van der Waals surface area contributed by atoms with E-state index in [1.165, 1.54) is 21.3 Å². The highest BCUT2D eigenvalue weighted by Crippen LogP contribution is 2.32. The topological polar surface area (TPSA) is 119 Å². The van der Waals surface area contributed by atoms with E-state index in [1.54, 1.807) is 19.9 Å². The van der Waals surface area contributed by atoms with Crippen molar-refractivity contribution in [3.8, 4) is 0 Å². The van der Waals surface area contributed by atoms with Crippen molar-refractivity contribution in [1.82, 2.24) is 14.5 Å². The highest BCUT2D eigenvalue weighted by Gasteiger charge is 2.30. The number of nitrogens with one attached hydrogen (secondary N) is 1. The molecule has 0 bridgehead atoms. The van der Waals surface area contributed by atoms with Crippen LogP contribution >= 0.6 is 23.2 Å². The van der Waals surface area contributed by atoms with Crippen LogP contribution in [0.2, 0.25) is 10.0 Å². The van der Waals surface area contributed by atoms with Crippen molar-refractivity contribution in [2.45, 2.75) is 50.6 Å². The lowest BCUT2D eigenvalue weighted by molar-refractivity contribution is -0.118. The third-order valence-corrected chi connectivity index (χ3v) is 9.11. The van der Waals surface area contributed by atoms with Gasteiger partial charge in [-0.25, -0.2) is 13.2 Å². The molecule has 0 spiro atoms. The lowest BCUT2D eigenvalue weighted by Gasteiger charge is -2.26. The summed E-state index contributed by atoms with van der Waals surface area (Å²) < 4.78 is 27.8. The molecule has 38 heavy (non-hydrogen) atoms. The number of hydrogen-bond acceptors (Lipinski definition) is 6. The number of amidine groups is 1. The second-order valence-corrected chi connectivity index (χ2v) is 11.8. The molecule has 0 saturated carbocycles. The summed E-state index contributed by atoms with van der Waals surface area (Å²) in [5, 5.41) is 12.5. The third kappa shape index (κ3) is 7.54. The summed E-state index contributed by atoms with van der Waals surface area (Å²) >= 11 is 12.3. The standard InChI is InChI=1S/C26H32Cl2N4O5S/c1-18(2)32(38(36,37)24-22(27)7-5-8-23(24)28)14-4-3-6-21(33)17-29-16-19-9-11-20(12-10-19)25-30-13-15-31(25)26(34)35/h5,7-12,18,29H,3-4,6,13-17H2,1-2H3,(H,34,35). The molecular weight excluding hydrogens is 551 g/mol. The molecule has 1 amide bonds. The van der Waals surface area contributed by atoms with Crippen molar-refractivity contribution < 1.29 is 23.1 Å². The third-order valence-electron chi connectivity index (χ3n) is 6.08. The maximum atomic E-state index is 13.2. The highest BCUT2D eigenvalue weighted by molar-refractivity contribution is 7.89. The summed E-state index contributed by atoms with van der Waals surface area (Å²) in [5.41, 5.74) is 1.69. The zero-order chi connectivity index (χ0) is 27.9. The van der Waals surface area contributed by atoms with Gasteiger partial charge in [0.2, 0.25) is 10.0 Å². The number of unbranched alkanes of at least 4 members (excludes halogenated alkanes) is 1. The van der Waals surface area contributed by atoms with E-state index in [2.05, 4.69) is 10.3 Å². The normalized spacial score (nSPS) is 13.8. The van der Waals surface area contributed by atoms with Crippen molar-refractivity contribution >= 4 is 50.9 Å². The molecule has 2 aromatic carbocycles. The van der Waals surface area contributed by atoms with Crippen molar-refractivity contribution in [3.63, 3.8) is 0 Å². The van der Waals surface area contributed by atoms with Gasteiger partial charge in [0.05, 0.1) is 29.7 Å². The number of aliphatic imine (C=N–C) groups is 1. The first kappa shape index (κ1) is 30.0. The van der Waals surface area contributed by atoms with E-state index in [1.807, 2.05) is 24.3 Å². The van der Waals surface area contributed by atoms with Crippen LogP contribution in [-0.4, -0.2) is 72.7 Å². The number of carbonyl (C=O) groups is 2. The first-order valence-corrected chi connectivity index (χ1v) is 14.5. The largest absolute Gasteiger partial charge is 0.465 e. The monoisotopic (exact) mass is 582 g/mol. The minimum absolute atomic E-state index is 0.0344. The molecule has 1 aliphatic rings. The van der Waals surface area contributed by atoms with Crippen LogP contribution in [0.25, 0.3) is 0 Å². The Morgan fingerprint density at radius 3 is 2.37 bits per heavy atom. The molecule has 206 valence electrons. The Kier molecular flexibility index (Phi) is 10.7. The van der Waals surface area contributed by atoms with Crippen molar-refractivity contribution in [2.24, 2.45) is 4.99 Å². The summed E-state index contributed by atoms with van der Waals surface area (Å²) in [6, 6.07) is 11.7. The SMILES string of the molecule is CC(C)N(CCCCC(=O)CNCc1ccc(C2=NCCN2C(=O)O)cc1)S(=O)(=O)c1c(Cl)cccc1Cl. The molecule has 1 aliphatic heterocycles. The summed E-state index contributed by atoms with van der Waals surface area (Å²) in [7, 11) is -3.89. The Labute approximate surface area is 233 Å². The average Bonchev–Trinajstić information content (AvgIpc) is 3.34. The number of nitrogens with zero attached hydrogens (tertiary/aromatic N) is 3. The number of hydrogen-bond donors (Lipinski definition) is 2. The van der Waals surface area contributed by atoms with Crippen LogP contribution < -0.4 is 5.32 Å². The van der Waals surface area contributed by atoms with Crippen LogP contribution in [0.15, 0.2) is 52.4 Å². The average molecular weight is 584 g/mol. The second-order valence-electron chi connectivity index (χ2n) is 9.20. The van der Waals surface area contributed by atoms with Gasteiger partial charge in [-0.2, -0.15) is 4.31 Å². The Bertz CT molecular complexity index is 1260. The minimum atomic E-state index is -3.89. The number of halogens is 2. The van der Waals surface area contributed by atoms with Crippen molar-refractivity contribution in [3.05, 3.63) is 63.6 Å². The molecule has 12 heteroatoms. The van der Waals surface area contributed by atoms with Crippen LogP contribution in [0.1, 0.15) is 44.2 Å². The molecule has 0 saturated heterocycles. The van der Waals surface area contributed by atoms with Gasteiger partial charge in [0.15, 0.2) is 0 Å². The van der Waals surface area contributed by atoms with E-state index < -0.39 is 16.1 Å². The molecule has 9 nitrogen and oxygen atoms in total. The summed E-state index contributed by atoms with van der Waals surface area (Å²) in [5.74, 6) is 0.484. The van der Waals surface area contributed by atoms with E-state index >= 15 is 0 Å². The second kappa shape index (κ2) is 13.5. The quantitative estimate of drug-likeness (QED) is 0.331. The van der Waals surface area contributed by atoms with Crippen LogP contribution in [0.5, 0.6) is 0 Å². The number of rotatable bonds is 13. The number of amides is 1. The highest BCUT2D eigenvalue weighted by atomic mass is 35.5. The fourth-order valence-electron chi connectivity index (χ4n) is 4.18. The first-order chi connectivity index (χ1) is 18.0. The van der Waals surface area contributed by atoms with Gasteiger partial charge in [-0.15, -0.1) is 0 Å². The number of sulfonamides is 1. The van der Waals surface area contributed by atoms with Gasteiger partial charge in [-0.05, 0) is 44.4 Å². The van der Waals surface area contributed by atoms with E-state index in [0.717, 1.165) is 11.1 Å². The molecule has 0 radical (unpaired) electrons. The maximum absolute atomic E-state index is 13.2. The Morgan fingerprint density at radius 2 is 1.76 bits per heavy atom. The number of ketones is 1. The van der Waals surface area contributed by atoms with Gasteiger partial charge < -0.3 is 10.4 Å². The summed E-state index contributed by atoms with van der Waals surface area (Å²) in [6.45, 7) is 5.31. The van der Waals surface area contributed by atoms with Crippen LogP contribution in [0.3, 0.4) is 0 Å². The van der Waals surface area contributed by atoms with Gasteiger partial charge in [0.1, 0.15) is 16.5 Å². The molecular formula is C26H32Cl2N4O5S. The Morgan fingerprint density at radius 1 is 1.11 bits per heavy atom. The number of carbonyl (C=O) groups excluding carboxylic acids is 1. The number of carboxylic acid groups (broad SMARTS) is 1. The molecule has 2 aromatic rings. The molecule has 1 heterocycles. The number of Topliss-reactive ketones (excluding diaryl/α,β-unsaturated/α-hetero) is 1. The molecule has 3 rings (SSSR count). The fraction of sp³-hybridized carbons (Fsp3) is 0.423. The lowest BCUT2D eigenvalue weighted by Crippen LogP contribution is -2.38. The van der Waals surface area contributed by atoms with Crippen LogP contribution in [0.4, 0.5) is 4.79 Å². The van der Waals surface area contributed by atoms with Gasteiger partial charge in [-0.3, -0.25) is 14.7 Å². The van der Waals surface area contributed by atoms with Gasteiger partial charge in [-0.1, -0.05) is 53.5 Å². The predicted molar refractivity (Wildman–Crippen MR) is 149 cm³/mol. The van der Waals surface area contributed by atoms with E-state index in [0.29, 0.717) is 44.7 Å². The summed E-state index contributed by atoms with van der Waals surface area (Å²) in [4.78, 5) is 29.1. The van der Waals surface area contributed by atoms with Crippen LogP contribution in [0, 0.1) is 0 Å². The summed E-state index contributed by atoms with van der Waals surface area (Å²) in [6.07, 6.45) is 0.375. The predicted octanol–water partition coefficient (Wildman–Crippen LogP) is 4.66. The van der Waals surface area contributed by atoms with Gasteiger partial charge >= 0.3 is 6.09 Å². The van der Waals surface area contributed by atoms with E-state index in [4.69, 9.17) is 23.2 Å². The molecule has 0 aromatic heterocycles. The van der Waals surface area contributed by atoms with Crippen LogP contribution in [-0.2, 0) is 21.4 Å². The van der Waals surface area contributed by atoms with Crippen molar-refractivity contribution in [2.75, 3.05) is 26.2 Å². The Balaban J connectivity index is 1.43. The van der Waals surface area contributed by atoms with E-state index in [9.17, 15) is 23.1 Å². The van der Waals surface area contributed by atoms with E-state index in [-0.39, 0.29) is 39.9 Å². The maximum Gasteiger partial charge on any atom is 0.413 e. The van der Waals surface area contributed by atoms with Gasteiger partial charge in [0.25, 0.3) is 0 Å². The smallest absolute Gasteiger partial charge is 0.413 e. The lowest BCUT2D eigenvalue weighted by atomic mass is 10.1. The fourth-order valence-corrected chi connectivity index (χ4v) is 6.95. The van der Waals surface area contributed by atoms with Crippen molar-refractivity contribution in [1.29, 1.82) is 0 Å². The molecule has 0 fully saturated rings. The molecule has 0 aliphatic carbocycles. The van der Waals surface area contributed by atoms with Gasteiger partial charge in [0, 0.05) is 31.1 Å².